The number of aromatic nitrogens is 1. The lowest BCUT2D eigenvalue weighted by Gasteiger charge is -2.32. The van der Waals surface area contributed by atoms with Gasteiger partial charge < -0.3 is 14.0 Å². The second kappa shape index (κ2) is 4.43. The molecule has 1 aliphatic carbocycles. The Morgan fingerprint density at radius 1 is 1.25 bits per heavy atom. The third kappa shape index (κ3) is 2.31. The smallest absolute Gasteiger partial charge is 0.487 e. The minimum absolute atomic E-state index is 0.137. The van der Waals surface area contributed by atoms with E-state index < -0.39 is 24.1 Å². The quantitative estimate of drug-likeness (QED) is 0.794. The molecular weight excluding hydrogens is 260 g/mol. The highest BCUT2D eigenvalue weighted by Crippen LogP contribution is 2.37. The van der Waals surface area contributed by atoms with E-state index in [0.717, 1.165) is 12.8 Å². The van der Waals surface area contributed by atoms with Crippen LogP contribution in [-0.4, -0.2) is 29.4 Å². The Morgan fingerprint density at radius 3 is 2.40 bits per heavy atom. The number of nitrogens with zero attached hydrogens (tertiary/aromatic N) is 1. The first-order valence-electron chi connectivity index (χ1n) is 6.97. The molecule has 0 atom stereocenters. The van der Waals surface area contributed by atoms with E-state index in [4.69, 9.17) is 14.0 Å². The van der Waals surface area contributed by atoms with Crippen molar-refractivity contribution >= 4 is 12.7 Å². The van der Waals surface area contributed by atoms with Gasteiger partial charge in [0.05, 0.1) is 17.3 Å². The largest absolute Gasteiger partial charge is 0.517 e. The van der Waals surface area contributed by atoms with E-state index in [2.05, 4.69) is 4.98 Å². The molecule has 1 aromatic rings. The maximum Gasteiger partial charge on any atom is 0.517 e. The zero-order valence-corrected chi connectivity index (χ0v) is 12.3. The molecule has 0 amide bonds. The van der Waals surface area contributed by atoms with E-state index in [1.807, 2.05) is 27.7 Å². The highest BCUT2D eigenvalue weighted by Gasteiger charge is 2.53. The van der Waals surface area contributed by atoms with Crippen LogP contribution in [-0.2, 0) is 9.31 Å². The lowest BCUT2D eigenvalue weighted by atomic mass is 9.83. The predicted molar refractivity (Wildman–Crippen MR) is 73.6 cm³/mol. The SMILES string of the molecule is CC1(C)OB(c2nccc(OC3CC3)c2F)OC1(C)C. The molecule has 3 rings (SSSR count). The van der Waals surface area contributed by atoms with E-state index in [1.165, 1.54) is 6.20 Å². The van der Waals surface area contributed by atoms with Gasteiger partial charge in [0.15, 0.2) is 11.6 Å². The highest BCUT2D eigenvalue weighted by molar-refractivity contribution is 6.61. The number of ether oxygens (including phenoxy) is 1. The normalized spacial score (nSPS) is 23.9. The van der Waals surface area contributed by atoms with Gasteiger partial charge >= 0.3 is 7.12 Å². The molecule has 6 heteroatoms. The van der Waals surface area contributed by atoms with Gasteiger partial charge in [-0.15, -0.1) is 0 Å². The first-order valence-corrected chi connectivity index (χ1v) is 6.97. The highest BCUT2D eigenvalue weighted by atomic mass is 19.1. The summed E-state index contributed by atoms with van der Waals surface area (Å²) in [5.74, 6) is -0.259. The van der Waals surface area contributed by atoms with Gasteiger partial charge in [-0.05, 0) is 40.5 Å². The molecule has 0 aromatic carbocycles. The van der Waals surface area contributed by atoms with Gasteiger partial charge in [-0.25, -0.2) is 4.39 Å². The van der Waals surface area contributed by atoms with Gasteiger partial charge in [-0.1, -0.05) is 0 Å². The van der Waals surface area contributed by atoms with Gasteiger partial charge in [-0.3, -0.25) is 4.98 Å². The molecule has 20 heavy (non-hydrogen) atoms. The van der Waals surface area contributed by atoms with Crippen molar-refractivity contribution in [1.29, 1.82) is 0 Å². The van der Waals surface area contributed by atoms with Crippen LogP contribution >= 0.6 is 0 Å². The van der Waals surface area contributed by atoms with Crippen LogP contribution in [0.1, 0.15) is 40.5 Å². The van der Waals surface area contributed by atoms with E-state index in [-0.39, 0.29) is 17.4 Å². The zero-order valence-electron chi connectivity index (χ0n) is 12.3. The molecular formula is C14H19BFNO3. The molecule has 2 aliphatic rings. The number of rotatable bonds is 3. The van der Waals surface area contributed by atoms with Crippen LogP contribution in [0.5, 0.6) is 5.75 Å². The molecule has 1 saturated heterocycles. The number of pyridine rings is 1. The lowest BCUT2D eigenvalue weighted by Crippen LogP contribution is -2.41. The summed E-state index contributed by atoms with van der Waals surface area (Å²) in [6, 6.07) is 1.54. The molecule has 0 unspecified atom stereocenters. The fourth-order valence-electron chi connectivity index (χ4n) is 2.02. The third-order valence-electron chi connectivity index (χ3n) is 4.18. The monoisotopic (exact) mass is 279 g/mol. The van der Waals surface area contributed by atoms with Crippen molar-refractivity contribution in [2.45, 2.75) is 57.8 Å². The molecule has 0 N–H and O–H groups in total. The fraction of sp³-hybridized carbons (Fsp3) is 0.643. The second-order valence-electron chi connectivity index (χ2n) is 6.41. The third-order valence-corrected chi connectivity index (χ3v) is 4.18. The van der Waals surface area contributed by atoms with Gasteiger partial charge in [0.25, 0.3) is 0 Å². The van der Waals surface area contributed by atoms with Crippen molar-refractivity contribution in [2.24, 2.45) is 0 Å². The molecule has 2 fully saturated rings. The average Bonchev–Trinajstić information content (AvgIpc) is 3.10. The molecule has 4 nitrogen and oxygen atoms in total. The van der Waals surface area contributed by atoms with Gasteiger partial charge in [-0.2, -0.15) is 0 Å². The molecule has 2 heterocycles. The standard InChI is InChI=1S/C14H19BFNO3/c1-13(2)14(3,4)20-15(19-13)12-11(16)10(7-8-17-12)18-9-5-6-9/h7-9H,5-6H2,1-4H3. The maximum absolute atomic E-state index is 14.5. The zero-order chi connectivity index (χ0) is 14.5. The van der Waals surface area contributed by atoms with E-state index in [0.29, 0.717) is 0 Å². The summed E-state index contributed by atoms with van der Waals surface area (Å²) >= 11 is 0. The fourth-order valence-corrected chi connectivity index (χ4v) is 2.02. The van der Waals surface area contributed by atoms with Crippen LogP contribution in [0.4, 0.5) is 4.39 Å². The molecule has 1 saturated carbocycles. The van der Waals surface area contributed by atoms with E-state index >= 15 is 0 Å². The molecule has 1 aromatic heterocycles. The van der Waals surface area contributed by atoms with Crippen molar-refractivity contribution in [3.63, 3.8) is 0 Å². The van der Waals surface area contributed by atoms with Crippen molar-refractivity contribution in [3.8, 4) is 5.75 Å². The average molecular weight is 279 g/mol. The number of hydrogen-bond donors (Lipinski definition) is 0. The minimum Gasteiger partial charge on any atom is -0.487 e. The Labute approximate surface area is 118 Å². The van der Waals surface area contributed by atoms with Crippen molar-refractivity contribution in [2.75, 3.05) is 0 Å². The molecule has 0 bridgehead atoms. The lowest BCUT2D eigenvalue weighted by molar-refractivity contribution is 0.00578. The first kappa shape index (κ1) is 13.8. The Balaban J connectivity index is 1.87. The summed E-state index contributed by atoms with van der Waals surface area (Å²) < 4.78 is 31.7. The van der Waals surface area contributed by atoms with Crippen LogP contribution in [0, 0.1) is 5.82 Å². The predicted octanol–water partition coefficient (Wildman–Crippen LogP) is 2.06. The summed E-state index contributed by atoms with van der Waals surface area (Å²) in [6.07, 6.45) is 3.63. The molecule has 1 aliphatic heterocycles. The Morgan fingerprint density at radius 2 is 1.85 bits per heavy atom. The summed E-state index contributed by atoms with van der Waals surface area (Å²) in [4.78, 5) is 4.07. The van der Waals surface area contributed by atoms with Gasteiger partial charge in [0, 0.05) is 12.3 Å². The molecule has 0 spiro atoms. The second-order valence-corrected chi connectivity index (χ2v) is 6.41. The van der Waals surface area contributed by atoms with E-state index in [9.17, 15) is 4.39 Å². The topological polar surface area (TPSA) is 40.6 Å². The van der Waals surface area contributed by atoms with Crippen LogP contribution in [0.2, 0.25) is 0 Å². The number of halogens is 1. The maximum atomic E-state index is 14.5. The van der Waals surface area contributed by atoms with Crippen LogP contribution in [0.25, 0.3) is 0 Å². The number of hydrogen-bond acceptors (Lipinski definition) is 4. The van der Waals surface area contributed by atoms with Crippen molar-refractivity contribution in [3.05, 3.63) is 18.1 Å². The summed E-state index contributed by atoms with van der Waals surface area (Å²) in [5, 5.41) is 0. The Hall–Kier alpha value is -1.14. The molecule has 0 radical (unpaired) electrons. The van der Waals surface area contributed by atoms with Gasteiger partial charge in [0.2, 0.25) is 0 Å². The first-order chi connectivity index (χ1) is 9.30. The Bertz CT molecular complexity index is 515. The van der Waals surface area contributed by atoms with Crippen LogP contribution < -0.4 is 10.3 Å². The van der Waals surface area contributed by atoms with E-state index in [1.54, 1.807) is 6.07 Å². The van der Waals surface area contributed by atoms with Crippen molar-refractivity contribution in [1.82, 2.24) is 4.98 Å². The summed E-state index contributed by atoms with van der Waals surface area (Å²) in [6.45, 7) is 7.70. The van der Waals surface area contributed by atoms with Crippen LogP contribution in [0.15, 0.2) is 12.3 Å². The Kier molecular flexibility index (Phi) is 3.06. The minimum atomic E-state index is -0.803. The van der Waals surface area contributed by atoms with Gasteiger partial charge in [0.1, 0.15) is 5.59 Å². The summed E-state index contributed by atoms with van der Waals surface area (Å²) in [5.41, 5.74) is -0.875. The van der Waals surface area contributed by atoms with Crippen molar-refractivity contribution < 1.29 is 18.4 Å². The van der Waals surface area contributed by atoms with Crippen LogP contribution in [0.3, 0.4) is 0 Å². The molecule has 108 valence electrons. The summed E-state index contributed by atoms with van der Waals surface area (Å²) in [7, 11) is -0.803.